The van der Waals surface area contributed by atoms with E-state index in [0.29, 0.717) is 0 Å². The molecule has 3 nitrogen and oxygen atoms in total. The van der Waals surface area contributed by atoms with Crippen LogP contribution in [0.1, 0.15) is 0 Å². The lowest BCUT2D eigenvalue weighted by atomic mass is 11.2. The summed E-state index contributed by atoms with van der Waals surface area (Å²) in [6, 6.07) is 0. The van der Waals surface area contributed by atoms with Crippen molar-refractivity contribution in [1.29, 1.82) is 0 Å². The summed E-state index contributed by atoms with van der Waals surface area (Å²) in [5, 5.41) is 0. The summed E-state index contributed by atoms with van der Waals surface area (Å²) < 4.78 is 10.7. The summed E-state index contributed by atoms with van der Waals surface area (Å²) in [6.45, 7) is 10.5. The largest absolute Gasteiger partial charge is 0.348 e. The summed E-state index contributed by atoms with van der Waals surface area (Å²) in [7, 11) is -6.21. The molecule has 2 N–H and O–H groups in total. The van der Waals surface area contributed by atoms with Crippen LogP contribution in [0, 0.1) is 0 Å². The molecule has 0 aliphatic carbocycles. The second-order valence-electron chi connectivity index (χ2n) is 2.92. The average Bonchev–Trinajstić information content (AvgIpc) is 1.84. The predicted octanol–water partition coefficient (Wildman–Crippen LogP) is 1.65. The lowest BCUT2D eigenvalue weighted by Crippen LogP contribution is -2.25. The molecular weight excluding hydrogens is 179 g/mol. The van der Waals surface area contributed by atoms with Gasteiger partial charge >= 0.3 is 7.60 Å². The molecule has 5 heteroatoms. The molecule has 0 aliphatic heterocycles. The van der Waals surface area contributed by atoms with E-state index in [-0.39, 0.29) is 4.94 Å². The molecule has 0 atom stereocenters. The van der Waals surface area contributed by atoms with Gasteiger partial charge < -0.3 is 9.79 Å². The Kier molecular flexibility index (Phi) is 3.03. The van der Waals surface area contributed by atoms with Gasteiger partial charge in [-0.25, -0.2) is 0 Å². The quantitative estimate of drug-likeness (QED) is 0.528. The van der Waals surface area contributed by atoms with Crippen LogP contribution in [0.4, 0.5) is 0 Å². The van der Waals surface area contributed by atoms with Gasteiger partial charge in [0.1, 0.15) is 8.07 Å². The van der Waals surface area contributed by atoms with E-state index in [2.05, 4.69) is 13.2 Å². The van der Waals surface area contributed by atoms with Gasteiger partial charge in [0.25, 0.3) is 0 Å². The highest BCUT2D eigenvalue weighted by Crippen LogP contribution is 2.48. The Labute approximate surface area is 67.6 Å². The van der Waals surface area contributed by atoms with Crippen LogP contribution in [-0.2, 0) is 4.57 Å². The lowest BCUT2D eigenvalue weighted by Gasteiger charge is -2.20. The molecule has 0 aliphatic rings. The molecule has 64 valence electrons. The summed E-state index contributed by atoms with van der Waals surface area (Å²) in [4.78, 5) is 17.5. The Morgan fingerprint density at radius 3 is 2.00 bits per heavy atom. The summed E-state index contributed by atoms with van der Waals surface area (Å²) in [6.07, 6.45) is 0. The van der Waals surface area contributed by atoms with Gasteiger partial charge in [0.2, 0.25) is 0 Å². The Balaban J connectivity index is 4.78. The molecule has 0 radical (unpaired) electrons. The van der Waals surface area contributed by atoms with E-state index in [0.717, 1.165) is 0 Å². The maximum atomic E-state index is 10.7. The Morgan fingerprint density at radius 2 is 1.91 bits per heavy atom. The van der Waals surface area contributed by atoms with Gasteiger partial charge in [-0.2, -0.15) is 0 Å². The van der Waals surface area contributed by atoms with E-state index in [1.165, 1.54) is 0 Å². The normalized spacial score (nSPS) is 12.7. The third-order valence-corrected chi connectivity index (χ3v) is 7.42. The highest BCUT2D eigenvalue weighted by molar-refractivity contribution is 7.61. The Morgan fingerprint density at radius 1 is 1.55 bits per heavy atom. The molecule has 0 unspecified atom stereocenters. The third-order valence-electron chi connectivity index (χ3n) is 1.61. The highest BCUT2D eigenvalue weighted by Gasteiger charge is 2.32. The van der Waals surface area contributed by atoms with Crippen molar-refractivity contribution >= 4 is 15.7 Å². The average molecular weight is 192 g/mol. The van der Waals surface area contributed by atoms with E-state index < -0.39 is 15.7 Å². The first kappa shape index (κ1) is 10.8. The fourth-order valence-electron chi connectivity index (χ4n) is 0.493. The topological polar surface area (TPSA) is 57.5 Å². The molecule has 0 aromatic heterocycles. The zero-order chi connectivity index (χ0) is 9.28. The van der Waals surface area contributed by atoms with Crippen LogP contribution in [0.3, 0.4) is 0 Å². The van der Waals surface area contributed by atoms with E-state index in [1.54, 1.807) is 18.8 Å². The molecule has 0 bridgehead atoms. The molecule has 0 aromatic carbocycles. The highest BCUT2D eigenvalue weighted by atomic mass is 31.2. The summed E-state index contributed by atoms with van der Waals surface area (Å²) in [5.41, 5.74) is 1.61. The van der Waals surface area contributed by atoms with Gasteiger partial charge in [-0.15, -0.1) is 6.58 Å². The van der Waals surface area contributed by atoms with E-state index in [9.17, 15) is 4.57 Å². The molecule has 0 fully saturated rings. The van der Waals surface area contributed by atoms with Crippen LogP contribution in [0.5, 0.6) is 0 Å². The molecule has 0 amide bonds. The van der Waals surface area contributed by atoms with Gasteiger partial charge in [0.05, 0.1) is 0 Å². The van der Waals surface area contributed by atoms with Crippen molar-refractivity contribution in [3.63, 3.8) is 0 Å². The van der Waals surface area contributed by atoms with Gasteiger partial charge in [-0.05, 0) is 0 Å². The third kappa shape index (κ3) is 2.75. The molecule has 0 saturated carbocycles. The molecule has 0 spiro atoms. The second kappa shape index (κ2) is 3.07. The zero-order valence-electron chi connectivity index (χ0n) is 6.74. The maximum absolute atomic E-state index is 10.7. The molecule has 0 rings (SSSR count). The van der Waals surface area contributed by atoms with Crippen LogP contribution in [-0.4, -0.2) is 17.9 Å². The van der Waals surface area contributed by atoms with Crippen LogP contribution >= 0.6 is 7.60 Å². The molecular formula is C6H13O3PSi. The van der Waals surface area contributed by atoms with Crippen molar-refractivity contribution in [3.05, 3.63) is 23.8 Å². The first-order valence-corrected chi connectivity index (χ1v) is 7.80. The Hall–Kier alpha value is -0.153. The predicted molar refractivity (Wildman–Crippen MR) is 48.9 cm³/mol. The minimum absolute atomic E-state index is 0.0417. The zero-order valence-corrected chi connectivity index (χ0v) is 8.64. The van der Waals surface area contributed by atoms with Crippen LogP contribution in [0.25, 0.3) is 0 Å². The van der Waals surface area contributed by atoms with Gasteiger partial charge in [0, 0.05) is 4.94 Å². The van der Waals surface area contributed by atoms with E-state index in [4.69, 9.17) is 9.79 Å². The minimum atomic E-state index is -4.10. The fraction of sp³-hybridized carbons (Fsp3) is 0.333. The van der Waals surface area contributed by atoms with Crippen molar-refractivity contribution in [2.45, 2.75) is 13.1 Å². The molecule has 0 heterocycles. The van der Waals surface area contributed by atoms with Crippen LogP contribution in [0.2, 0.25) is 13.1 Å². The van der Waals surface area contributed by atoms with E-state index in [1.807, 2.05) is 0 Å². The Bertz CT molecular complexity index is 228. The van der Waals surface area contributed by atoms with Crippen molar-refractivity contribution < 1.29 is 14.4 Å². The van der Waals surface area contributed by atoms with Crippen LogP contribution < -0.4 is 0 Å². The SMILES string of the molecule is C=C[Si](C)(C)C(=C)P(=O)(O)O. The van der Waals surface area contributed by atoms with Crippen molar-refractivity contribution in [2.75, 3.05) is 0 Å². The number of hydrogen-bond donors (Lipinski definition) is 2. The molecule has 11 heavy (non-hydrogen) atoms. The first-order valence-electron chi connectivity index (χ1n) is 3.11. The van der Waals surface area contributed by atoms with Crippen molar-refractivity contribution in [3.8, 4) is 0 Å². The first-order chi connectivity index (χ1) is 4.72. The van der Waals surface area contributed by atoms with Crippen molar-refractivity contribution in [2.24, 2.45) is 0 Å². The van der Waals surface area contributed by atoms with E-state index >= 15 is 0 Å². The van der Waals surface area contributed by atoms with Gasteiger partial charge in [-0.1, -0.05) is 25.4 Å². The fourth-order valence-corrected chi connectivity index (χ4v) is 4.01. The number of rotatable bonds is 3. The summed E-state index contributed by atoms with van der Waals surface area (Å²) >= 11 is 0. The molecule has 0 aromatic rings. The van der Waals surface area contributed by atoms with Gasteiger partial charge in [0.15, 0.2) is 0 Å². The number of hydrogen-bond acceptors (Lipinski definition) is 1. The second-order valence-corrected chi connectivity index (χ2v) is 9.42. The maximum Gasteiger partial charge on any atom is 0.348 e. The standard InChI is InChI=1S/C6H13O3PSi/c1-5-11(3,4)6(2)10(7,8)9/h5H,1-2H2,3-4H3,(H2,7,8,9). The lowest BCUT2D eigenvalue weighted by molar-refractivity contribution is 0.384. The van der Waals surface area contributed by atoms with Gasteiger partial charge in [-0.3, -0.25) is 4.57 Å². The van der Waals surface area contributed by atoms with Crippen LogP contribution in [0.15, 0.2) is 23.8 Å². The minimum Gasteiger partial charge on any atom is -0.322 e. The summed E-state index contributed by atoms with van der Waals surface area (Å²) in [5.74, 6) is 0. The molecule has 0 saturated heterocycles. The monoisotopic (exact) mass is 192 g/mol. The van der Waals surface area contributed by atoms with Crippen molar-refractivity contribution in [1.82, 2.24) is 0 Å². The smallest absolute Gasteiger partial charge is 0.322 e.